The van der Waals surface area contributed by atoms with Crippen LogP contribution in [0.2, 0.25) is 0 Å². The van der Waals surface area contributed by atoms with Crippen LogP contribution in [0.3, 0.4) is 0 Å². The molecule has 1 heterocycles. The van der Waals surface area contributed by atoms with E-state index in [4.69, 9.17) is 9.47 Å². The lowest BCUT2D eigenvalue weighted by molar-refractivity contribution is -0.138. The van der Waals surface area contributed by atoms with E-state index in [1.54, 1.807) is 19.1 Å². The third kappa shape index (κ3) is 4.75. The summed E-state index contributed by atoms with van der Waals surface area (Å²) < 4.78 is 23.9. The molecule has 30 heavy (non-hydrogen) atoms. The Kier molecular flexibility index (Phi) is 7.32. The molecule has 158 valence electrons. The molecule has 0 aromatic heterocycles. The van der Waals surface area contributed by atoms with Crippen LogP contribution in [0.5, 0.6) is 0 Å². The lowest BCUT2D eigenvalue weighted by Crippen LogP contribution is -2.37. The van der Waals surface area contributed by atoms with Crippen molar-refractivity contribution in [3.8, 4) is 0 Å². The van der Waals surface area contributed by atoms with Crippen molar-refractivity contribution in [3.05, 3.63) is 77.2 Å². The highest BCUT2D eigenvalue weighted by Crippen LogP contribution is 2.32. The van der Waals surface area contributed by atoms with Gasteiger partial charge in [0.25, 0.3) is 11.8 Å². The molecular weight excluding hydrogens is 387 g/mol. The van der Waals surface area contributed by atoms with Crippen LogP contribution in [0.4, 0.5) is 4.39 Å². The average molecular weight is 412 g/mol. The van der Waals surface area contributed by atoms with E-state index in [0.29, 0.717) is 31.9 Å². The number of amides is 2. The van der Waals surface area contributed by atoms with Crippen LogP contribution in [-0.2, 0) is 25.6 Å². The van der Waals surface area contributed by atoms with Crippen LogP contribution in [0.1, 0.15) is 11.1 Å². The highest BCUT2D eigenvalue weighted by Gasteiger charge is 2.41. The molecule has 2 aromatic rings. The SMILES string of the molecule is COCCN(CCOC)C1=C(c2ccc(F)cc2)C(=O)N(Cc2ccccc2)C1=O. The summed E-state index contributed by atoms with van der Waals surface area (Å²) in [6, 6.07) is 14.9. The summed E-state index contributed by atoms with van der Waals surface area (Å²) in [6.07, 6.45) is 0. The van der Waals surface area contributed by atoms with E-state index < -0.39 is 11.7 Å². The third-order valence-corrected chi connectivity index (χ3v) is 4.91. The monoisotopic (exact) mass is 412 g/mol. The average Bonchev–Trinajstić information content (AvgIpc) is 3.00. The number of benzene rings is 2. The van der Waals surface area contributed by atoms with Gasteiger partial charge in [-0.3, -0.25) is 14.5 Å². The molecule has 0 atom stereocenters. The second-order valence-corrected chi connectivity index (χ2v) is 6.89. The predicted octanol–water partition coefficient (Wildman–Crippen LogP) is 2.70. The van der Waals surface area contributed by atoms with Crippen molar-refractivity contribution in [2.24, 2.45) is 0 Å². The minimum absolute atomic E-state index is 0.162. The molecule has 0 N–H and O–H groups in total. The first-order valence-electron chi connectivity index (χ1n) is 9.70. The van der Waals surface area contributed by atoms with Gasteiger partial charge in [-0.15, -0.1) is 0 Å². The largest absolute Gasteiger partial charge is 0.383 e. The van der Waals surface area contributed by atoms with E-state index in [2.05, 4.69) is 0 Å². The van der Waals surface area contributed by atoms with Gasteiger partial charge in [-0.05, 0) is 23.3 Å². The second-order valence-electron chi connectivity index (χ2n) is 6.89. The van der Waals surface area contributed by atoms with Gasteiger partial charge in [0.15, 0.2) is 0 Å². The van der Waals surface area contributed by atoms with Gasteiger partial charge >= 0.3 is 0 Å². The zero-order valence-corrected chi connectivity index (χ0v) is 17.1. The van der Waals surface area contributed by atoms with Crippen molar-refractivity contribution >= 4 is 17.4 Å². The molecule has 0 saturated carbocycles. The zero-order valence-electron chi connectivity index (χ0n) is 17.1. The van der Waals surface area contributed by atoms with Crippen LogP contribution in [0, 0.1) is 5.82 Å². The number of carbonyl (C=O) groups is 2. The zero-order chi connectivity index (χ0) is 21.5. The predicted molar refractivity (Wildman–Crippen MR) is 111 cm³/mol. The van der Waals surface area contributed by atoms with E-state index in [0.717, 1.165) is 5.56 Å². The van der Waals surface area contributed by atoms with Gasteiger partial charge in [-0.25, -0.2) is 4.39 Å². The van der Waals surface area contributed by atoms with Crippen molar-refractivity contribution in [2.45, 2.75) is 6.54 Å². The topological polar surface area (TPSA) is 59.1 Å². The lowest BCUT2D eigenvalue weighted by atomic mass is 10.0. The van der Waals surface area contributed by atoms with Crippen LogP contribution in [0.15, 0.2) is 60.3 Å². The summed E-state index contributed by atoms with van der Waals surface area (Å²) in [5.74, 6) is -1.19. The van der Waals surface area contributed by atoms with E-state index in [1.807, 2.05) is 30.3 Å². The second kappa shape index (κ2) is 10.1. The number of carbonyl (C=O) groups excluding carboxylic acids is 2. The number of imide groups is 1. The molecule has 2 aromatic carbocycles. The highest BCUT2D eigenvalue weighted by molar-refractivity contribution is 6.35. The first-order chi connectivity index (χ1) is 14.6. The van der Waals surface area contributed by atoms with Gasteiger partial charge < -0.3 is 14.4 Å². The molecule has 6 nitrogen and oxygen atoms in total. The van der Waals surface area contributed by atoms with Gasteiger partial charge in [-0.2, -0.15) is 0 Å². The first kappa shape index (κ1) is 21.7. The number of ether oxygens (including phenoxy) is 2. The molecule has 1 aliphatic rings. The van der Waals surface area contributed by atoms with E-state index in [9.17, 15) is 14.0 Å². The minimum atomic E-state index is -0.408. The van der Waals surface area contributed by atoms with E-state index in [-0.39, 0.29) is 23.7 Å². The number of hydrogen-bond donors (Lipinski definition) is 0. The van der Waals surface area contributed by atoms with Crippen molar-refractivity contribution in [1.82, 2.24) is 9.80 Å². The van der Waals surface area contributed by atoms with Gasteiger partial charge in [-0.1, -0.05) is 42.5 Å². The quantitative estimate of drug-likeness (QED) is 0.562. The Morgan fingerprint density at radius 1 is 0.867 bits per heavy atom. The van der Waals surface area contributed by atoms with Crippen molar-refractivity contribution in [3.63, 3.8) is 0 Å². The summed E-state index contributed by atoms with van der Waals surface area (Å²) in [5.41, 5.74) is 1.90. The summed E-state index contributed by atoms with van der Waals surface area (Å²) in [6.45, 7) is 1.75. The highest BCUT2D eigenvalue weighted by atomic mass is 19.1. The smallest absolute Gasteiger partial charge is 0.278 e. The number of methoxy groups -OCH3 is 2. The van der Waals surface area contributed by atoms with Gasteiger partial charge in [0.2, 0.25) is 0 Å². The van der Waals surface area contributed by atoms with E-state index in [1.165, 1.54) is 29.2 Å². The van der Waals surface area contributed by atoms with Crippen LogP contribution < -0.4 is 0 Å². The fourth-order valence-electron chi connectivity index (χ4n) is 3.38. The van der Waals surface area contributed by atoms with Gasteiger partial charge in [0, 0.05) is 27.3 Å². The van der Waals surface area contributed by atoms with Crippen LogP contribution in [0.25, 0.3) is 5.57 Å². The van der Waals surface area contributed by atoms with Crippen LogP contribution in [-0.4, -0.2) is 62.1 Å². The molecule has 7 heteroatoms. The fourth-order valence-corrected chi connectivity index (χ4v) is 3.38. The van der Waals surface area contributed by atoms with Gasteiger partial charge in [0.05, 0.1) is 25.3 Å². The Bertz CT molecular complexity index is 905. The molecular formula is C23H25FN2O4. The minimum Gasteiger partial charge on any atom is -0.383 e. The normalized spacial score (nSPS) is 14.0. The fraction of sp³-hybridized carbons (Fsp3) is 0.304. The molecule has 0 fully saturated rings. The Balaban J connectivity index is 2.03. The molecule has 0 spiro atoms. The van der Waals surface area contributed by atoms with Crippen molar-refractivity contribution < 1.29 is 23.5 Å². The number of halogens is 1. The summed E-state index contributed by atoms with van der Waals surface area (Å²) in [7, 11) is 3.15. The summed E-state index contributed by atoms with van der Waals surface area (Å²) >= 11 is 0. The Morgan fingerprint density at radius 3 is 2.03 bits per heavy atom. The molecule has 0 bridgehead atoms. The number of nitrogens with zero attached hydrogens (tertiary/aromatic N) is 2. The summed E-state index contributed by atoms with van der Waals surface area (Å²) in [5, 5.41) is 0. The standard InChI is InChI=1S/C23H25FN2O4/c1-29-14-12-25(13-15-30-2)21-20(18-8-10-19(24)11-9-18)22(27)26(23(21)28)16-17-6-4-3-5-7-17/h3-11H,12-16H2,1-2H3. The Hall–Kier alpha value is -3.03. The third-order valence-electron chi connectivity index (χ3n) is 4.91. The first-order valence-corrected chi connectivity index (χ1v) is 9.70. The van der Waals surface area contributed by atoms with Crippen LogP contribution >= 0.6 is 0 Å². The maximum Gasteiger partial charge on any atom is 0.278 e. The molecule has 1 aliphatic heterocycles. The molecule has 3 rings (SSSR count). The van der Waals surface area contributed by atoms with Crippen molar-refractivity contribution in [1.29, 1.82) is 0 Å². The maximum atomic E-state index is 13.5. The number of rotatable bonds is 10. The van der Waals surface area contributed by atoms with Crippen molar-refractivity contribution in [2.75, 3.05) is 40.5 Å². The Morgan fingerprint density at radius 2 is 1.47 bits per heavy atom. The molecule has 0 radical (unpaired) electrons. The maximum absolute atomic E-state index is 13.5. The molecule has 0 unspecified atom stereocenters. The van der Waals surface area contributed by atoms with E-state index >= 15 is 0 Å². The van der Waals surface area contributed by atoms with Gasteiger partial charge in [0.1, 0.15) is 11.5 Å². The Labute approximate surface area is 175 Å². The molecule has 0 aliphatic carbocycles. The summed E-state index contributed by atoms with van der Waals surface area (Å²) in [4.78, 5) is 29.8. The number of hydrogen-bond acceptors (Lipinski definition) is 5. The molecule has 2 amide bonds. The molecule has 0 saturated heterocycles. The lowest BCUT2D eigenvalue weighted by Gasteiger charge is -2.25.